The number of piperidine rings is 1. The second-order valence-corrected chi connectivity index (χ2v) is 7.60. The summed E-state index contributed by atoms with van der Waals surface area (Å²) < 4.78 is 6.36. The summed E-state index contributed by atoms with van der Waals surface area (Å²) in [5.41, 5.74) is 1.78. The lowest BCUT2D eigenvalue weighted by Gasteiger charge is -2.49. The molecule has 1 amide bonds. The third-order valence-corrected chi connectivity index (χ3v) is 5.75. The smallest absolute Gasteiger partial charge is 0.328 e. The molecular formula is C23H24N2O4. The van der Waals surface area contributed by atoms with Crippen LogP contribution in [0.1, 0.15) is 34.3 Å². The fourth-order valence-electron chi connectivity index (χ4n) is 4.05. The first-order chi connectivity index (χ1) is 14.0. The SMILES string of the molecule is CN1C(=O)c2cc(/C=C/C(=O)O)ccc2OC12CCN(Cc1ccccc1)CC2. The van der Waals surface area contributed by atoms with Crippen LogP contribution in [0.5, 0.6) is 5.75 Å². The van der Waals surface area contributed by atoms with Gasteiger partial charge < -0.3 is 14.7 Å². The quantitative estimate of drug-likeness (QED) is 0.809. The highest BCUT2D eigenvalue weighted by Gasteiger charge is 2.46. The molecule has 1 spiro atoms. The van der Waals surface area contributed by atoms with E-state index >= 15 is 0 Å². The third-order valence-electron chi connectivity index (χ3n) is 5.75. The molecule has 6 heteroatoms. The summed E-state index contributed by atoms with van der Waals surface area (Å²) in [5.74, 6) is -0.547. The van der Waals surface area contributed by atoms with E-state index in [0.717, 1.165) is 38.6 Å². The highest BCUT2D eigenvalue weighted by molar-refractivity contribution is 5.99. The van der Waals surface area contributed by atoms with E-state index in [1.165, 1.54) is 11.6 Å². The molecule has 0 aliphatic carbocycles. The number of amides is 1. The molecule has 6 nitrogen and oxygen atoms in total. The Labute approximate surface area is 170 Å². The van der Waals surface area contributed by atoms with Crippen molar-refractivity contribution in [3.63, 3.8) is 0 Å². The van der Waals surface area contributed by atoms with E-state index < -0.39 is 11.7 Å². The summed E-state index contributed by atoms with van der Waals surface area (Å²) >= 11 is 0. The Balaban J connectivity index is 1.49. The van der Waals surface area contributed by atoms with Crippen LogP contribution in [0, 0.1) is 0 Å². The number of aliphatic carboxylic acids is 1. The van der Waals surface area contributed by atoms with Crippen LogP contribution in [0.25, 0.3) is 6.08 Å². The van der Waals surface area contributed by atoms with Crippen molar-refractivity contribution in [1.29, 1.82) is 0 Å². The molecular weight excluding hydrogens is 368 g/mol. The number of carbonyl (C=O) groups is 2. The van der Waals surface area contributed by atoms with Gasteiger partial charge in [0, 0.05) is 45.6 Å². The van der Waals surface area contributed by atoms with Crippen molar-refractivity contribution in [2.75, 3.05) is 20.1 Å². The summed E-state index contributed by atoms with van der Waals surface area (Å²) in [7, 11) is 1.79. The van der Waals surface area contributed by atoms with Gasteiger partial charge in [-0.3, -0.25) is 9.69 Å². The lowest BCUT2D eigenvalue weighted by atomic mass is 9.94. The first-order valence-electron chi connectivity index (χ1n) is 9.75. The Morgan fingerprint density at radius 2 is 1.90 bits per heavy atom. The molecule has 1 fully saturated rings. The van der Waals surface area contributed by atoms with Crippen molar-refractivity contribution in [1.82, 2.24) is 9.80 Å². The van der Waals surface area contributed by atoms with E-state index in [-0.39, 0.29) is 5.91 Å². The molecule has 0 aromatic heterocycles. The normalized spacial score (nSPS) is 18.7. The average Bonchev–Trinajstić information content (AvgIpc) is 2.73. The van der Waals surface area contributed by atoms with Gasteiger partial charge in [0.1, 0.15) is 5.75 Å². The van der Waals surface area contributed by atoms with Gasteiger partial charge in [0.05, 0.1) is 5.56 Å². The lowest BCUT2D eigenvalue weighted by Crippen LogP contribution is -2.61. The topological polar surface area (TPSA) is 70.1 Å². The summed E-state index contributed by atoms with van der Waals surface area (Å²) in [6, 6.07) is 15.6. The molecule has 0 radical (unpaired) electrons. The van der Waals surface area contributed by atoms with E-state index in [0.29, 0.717) is 16.9 Å². The van der Waals surface area contributed by atoms with Gasteiger partial charge in [-0.1, -0.05) is 36.4 Å². The fraction of sp³-hybridized carbons (Fsp3) is 0.304. The molecule has 4 rings (SSSR count). The molecule has 2 aliphatic heterocycles. The zero-order valence-electron chi connectivity index (χ0n) is 16.4. The molecule has 0 unspecified atom stereocenters. The van der Waals surface area contributed by atoms with Gasteiger partial charge >= 0.3 is 5.97 Å². The van der Waals surface area contributed by atoms with E-state index in [4.69, 9.17) is 9.84 Å². The molecule has 2 heterocycles. The van der Waals surface area contributed by atoms with E-state index in [1.54, 1.807) is 30.1 Å². The Morgan fingerprint density at radius 3 is 2.59 bits per heavy atom. The Bertz CT molecular complexity index is 947. The Hall–Kier alpha value is -3.12. The first kappa shape index (κ1) is 19.2. The Morgan fingerprint density at radius 1 is 1.17 bits per heavy atom. The molecule has 0 atom stereocenters. The van der Waals surface area contributed by atoms with Gasteiger partial charge in [0.25, 0.3) is 5.91 Å². The lowest BCUT2D eigenvalue weighted by molar-refractivity contribution is -0.131. The summed E-state index contributed by atoms with van der Waals surface area (Å²) in [5, 5.41) is 8.80. The zero-order valence-corrected chi connectivity index (χ0v) is 16.4. The van der Waals surface area contributed by atoms with Crippen LogP contribution in [0.2, 0.25) is 0 Å². The minimum atomic E-state index is -1.02. The second kappa shape index (κ2) is 7.72. The fourth-order valence-corrected chi connectivity index (χ4v) is 4.05. The minimum absolute atomic E-state index is 0.0895. The van der Waals surface area contributed by atoms with Gasteiger partial charge in [0.15, 0.2) is 5.72 Å². The van der Waals surface area contributed by atoms with Crippen molar-refractivity contribution < 1.29 is 19.4 Å². The molecule has 2 aromatic rings. The van der Waals surface area contributed by atoms with Crippen LogP contribution >= 0.6 is 0 Å². The number of rotatable bonds is 4. The van der Waals surface area contributed by atoms with Crippen LogP contribution in [0.3, 0.4) is 0 Å². The maximum Gasteiger partial charge on any atom is 0.328 e. The highest BCUT2D eigenvalue weighted by Crippen LogP contribution is 2.39. The number of hydrogen-bond donors (Lipinski definition) is 1. The molecule has 150 valence electrons. The molecule has 29 heavy (non-hydrogen) atoms. The molecule has 0 bridgehead atoms. The third kappa shape index (κ3) is 3.89. The zero-order chi connectivity index (χ0) is 20.4. The van der Waals surface area contributed by atoms with Crippen molar-refractivity contribution in [3.05, 3.63) is 71.3 Å². The van der Waals surface area contributed by atoms with E-state index in [9.17, 15) is 9.59 Å². The maximum absolute atomic E-state index is 13.0. The minimum Gasteiger partial charge on any atom is -0.478 e. The number of carbonyl (C=O) groups excluding carboxylic acids is 1. The number of carboxylic acids is 1. The Kier molecular flexibility index (Phi) is 5.11. The average molecular weight is 392 g/mol. The van der Waals surface area contributed by atoms with Crippen LogP contribution in [0.15, 0.2) is 54.6 Å². The number of carboxylic acid groups (broad SMARTS) is 1. The largest absolute Gasteiger partial charge is 0.478 e. The van der Waals surface area contributed by atoms with Gasteiger partial charge in [0.2, 0.25) is 0 Å². The van der Waals surface area contributed by atoms with E-state index in [1.807, 2.05) is 18.2 Å². The van der Waals surface area contributed by atoms with Crippen molar-refractivity contribution in [2.45, 2.75) is 25.1 Å². The van der Waals surface area contributed by atoms with Gasteiger partial charge in [-0.2, -0.15) is 0 Å². The number of fused-ring (bicyclic) bond motifs is 1. The predicted octanol–water partition coefficient (Wildman–Crippen LogP) is 3.24. The summed E-state index contributed by atoms with van der Waals surface area (Å²) in [6.07, 6.45) is 4.01. The number of likely N-dealkylation sites (tertiary alicyclic amines) is 1. The van der Waals surface area contributed by atoms with E-state index in [2.05, 4.69) is 17.0 Å². The number of ether oxygens (including phenoxy) is 1. The van der Waals surface area contributed by atoms with Crippen LogP contribution in [0.4, 0.5) is 0 Å². The van der Waals surface area contributed by atoms with Crippen LogP contribution in [-0.2, 0) is 11.3 Å². The first-order valence-corrected chi connectivity index (χ1v) is 9.75. The summed E-state index contributed by atoms with van der Waals surface area (Å²) in [6.45, 7) is 2.59. The second-order valence-electron chi connectivity index (χ2n) is 7.60. The van der Waals surface area contributed by atoms with Gasteiger partial charge in [-0.05, 0) is 29.3 Å². The molecule has 2 aliphatic rings. The van der Waals surface area contributed by atoms with Crippen LogP contribution in [-0.4, -0.2) is 52.6 Å². The number of hydrogen-bond acceptors (Lipinski definition) is 4. The highest BCUT2D eigenvalue weighted by atomic mass is 16.5. The van der Waals surface area contributed by atoms with Crippen molar-refractivity contribution in [3.8, 4) is 5.75 Å². The van der Waals surface area contributed by atoms with Gasteiger partial charge in [-0.25, -0.2) is 4.79 Å². The van der Waals surface area contributed by atoms with Gasteiger partial charge in [-0.15, -0.1) is 0 Å². The van der Waals surface area contributed by atoms with Crippen molar-refractivity contribution >= 4 is 18.0 Å². The number of benzene rings is 2. The maximum atomic E-state index is 13.0. The molecule has 0 saturated carbocycles. The molecule has 1 N–H and O–H groups in total. The molecule has 2 aromatic carbocycles. The standard InChI is InChI=1S/C23H24N2O4/c1-24-22(28)19-15-17(8-10-21(26)27)7-9-20(19)29-23(24)11-13-25(14-12-23)16-18-5-3-2-4-6-18/h2-10,15H,11-14,16H2,1H3,(H,26,27)/b10-8+. The predicted molar refractivity (Wildman–Crippen MR) is 110 cm³/mol. The van der Waals surface area contributed by atoms with Crippen LogP contribution < -0.4 is 4.74 Å². The summed E-state index contributed by atoms with van der Waals surface area (Å²) in [4.78, 5) is 27.9. The number of nitrogens with zero attached hydrogens (tertiary/aromatic N) is 2. The monoisotopic (exact) mass is 392 g/mol. The molecule has 1 saturated heterocycles. The van der Waals surface area contributed by atoms with Crippen molar-refractivity contribution in [2.24, 2.45) is 0 Å².